The van der Waals surface area contributed by atoms with Crippen LogP contribution in [0.5, 0.6) is 0 Å². The summed E-state index contributed by atoms with van der Waals surface area (Å²) in [5.41, 5.74) is 4.36. The first kappa shape index (κ1) is 17.5. The highest BCUT2D eigenvalue weighted by Gasteiger charge is 2.14. The number of nitrogens with one attached hydrogen (secondary N) is 1. The number of amides is 1. The lowest BCUT2D eigenvalue weighted by atomic mass is 9.90. The molecule has 1 N–H and O–H groups in total. The van der Waals surface area contributed by atoms with Crippen molar-refractivity contribution < 1.29 is 9.21 Å². The standard InChI is InChI=1S/C21H18ClN3O2/c22-18-8-4-3-6-15(18)11-12-19(26)23-21-25-24-20(27-21)17-10-9-14-5-1-2-7-16(14)13-17/h3-4,6,8-13H,1-2,5,7H2,(H,23,25,26). The molecule has 3 aromatic rings. The van der Waals surface area contributed by atoms with E-state index in [1.165, 1.54) is 30.0 Å². The second kappa shape index (κ2) is 7.76. The van der Waals surface area contributed by atoms with Crippen LogP contribution < -0.4 is 5.32 Å². The van der Waals surface area contributed by atoms with E-state index in [9.17, 15) is 4.79 Å². The fourth-order valence-electron chi connectivity index (χ4n) is 3.18. The molecule has 0 saturated carbocycles. The molecule has 1 aliphatic carbocycles. The van der Waals surface area contributed by atoms with E-state index < -0.39 is 0 Å². The molecule has 136 valence electrons. The van der Waals surface area contributed by atoms with Gasteiger partial charge in [-0.05, 0) is 66.6 Å². The van der Waals surface area contributed by atoms with Crippen LogP contribution in [0, 0.1) is 0 Å². The number of aromatic nitrogens is 2. The van der Waals surface area contributed by atoms with E-state index in [0.717, 1.165) is 24.0 Å². The van der Waals surface area contributed by atoms with Crippen molar-refractivity contribution in [3.63, 3.8) is 0 Å². The Bertz CT molecular complexity index is 1010. The summed E-state index contributed by atoms with van der Waals surface area (Å²) in [6, 6.07) is 13.6. The Kier molecular flexibility index (Phi) is 5.03. The first-order valence-corrected chi connectivity index (χ1v) is 9.26. The molecular weight excluding hydrogens is 362 g/mol. The van der Waals surface area contributed by atoms with Crippen LogP contribution in [0.2, 0.25) is 5.02 Å². The molecule has 1 amide bonds. The van der Waals surface area contributed by atoms with Gasteiger partial charge < -0.3 is 4.42 Å². The SMILES string of the molecule is O=C(C=Cc1ccccc1Cl)Nc1nnc(-c2ccc3c(c2)CCCC3)o1. The molecular formula is C21H18ClN3O2. The number of hydrogen-bond donors (Lipinski definition) is 1. The summed E-state index contributed by atoms with van der Waals surface area (Å²) in [5, 5.41) is 11.1. The molecule has 0 spiro atoms. The lowest BCUT2D eigenvalue weighted by Crippen LogP contribution is -2.07. The molecule has 0 saturated heterocycles. The molecule has 0 atom stereocenters. The molecule has 0 fully saturated rings. The van der Waals surface area contributed by atoms with Crippen molar-refractivity contribution in [2.75, 3.05) is 5.32 Å². The third-order valence-corrected chi connectivity index (χ3v) is 4.91. The van der Waals surface area contributed by atoms with Gasteiger partial charge in [-0.3, -0.25) is 10.1 Å². The minimum absolute atomic E-state index is 0.0662. The van der Waals surface area contributed by atoms with Crippen molar-refractivity contribution in [2.24, 2.45) is 0 Å². The van der Waals surface area contributed by atoms with E-state index in [1.807, 2.05) is 24.3 Å². The van der Waals surface area contributed by atoms with Gasteiger partial charge in [0, 0.05) is 16.7 Å². The zero-order valence-corrected chi connectivity index (χ0v) is 15.4. The summed E-state index contributed by atoms with van der Waals surface area (Å²) in [6.45, 7) is 0. The van der Waals surface area contributed by atoms with Crippen LogP contribution in [0.3, 0.4) is 0 Å². The number of halogens is 1. The third kappa shape index (κ3) is 4.09. The quantitative estimate of drug-likeness (QED) is 0.653. The predicted octanol–water partition coefficient (Wildman–Crippen LogP) is 4.92. The average molecular weight is 380 g/mol. The molecule has 1 heterocycles. The van der Waals surface area contributed by atoms with Gasteiger partial charge in [-0.1, -0.05) is 41.0 Å². The van der Waals surface area contributed by atoms with Crippen LogP contribution in [-0.4, -0.2) is 16.1 Å². The first-order chi connectivity index (χ1) is 13.2. The summed E-state index contributed by atoms with van der Waals surface area (Å²) in [5.74, 6) is 0.0318. The normalized spacial score (nSPS) is 13.5. The van der Waals surface area contributed by atoms with Gasteiger partial charge in [-0.15, -0.1) is 5.10 Å². The first-order valence-electron chi connectivity index (χ1n) is 8.88. The van der Waals surface area contributed by atoms with Gasteiger partial charge in [0.1, 0.15) is 0 Å². The average Bonchev–Trinajstić information content (AvgIpc) is 3.15. The molecule has 0 radical (unpaired) electrons. The van der Waals surface area contributed by atoms with Gasteiger partial charge in [-0.2, -0.15) is 0 Å². The van der Waals surface area contributed by atoms with Gasteiger partial charge >= 0.3 is 6.01 Å². The number of rotatable bonds is 4. The van der Waals surface area contributed by atoms with Crippen molar-refractivity contribution in [2.45, 2.75) is 25.7 Å². The van der Waals surface area contributed by atoms with E-state index in [2.05, 4.69) is 27.6 Å². The fraction of sp³-hybridized carbons (Fsp3) is 0.190. The maximum atomic E-state index is 12.1. The molecule has 0 bridgehead atoms. The van der Waals surface area contributed by atoms with E-state index >= 15 is 0 Å². The maximum absolute atomic E-state index is 12.1. The van der Waals surface area contributed by atoms with Gasteiger partial charge in [0.25, 0.3) is 5.91 Å². The molecule has 0 aliphatic heterocycles. The number of nitrogens with zero attached hydrogens (tertiary/aromatic N) is 2. The minimum Gasteiger partial charge on any atom is -0.403 e. The highest BCUT2D eigenvalue weighted by atomic mass is 35.5. The van der Waals surface area contributed by atoms with E-state index in [-0.39, 0.29) is 11.9 Å². The number of fused-ring (bicyclic) bond motifs is 1. The van der Waals surface area contributed by atoms with Gasteiger partial charge in [-0.25, -0.2) is 0 Å². The summed E-state index contributed by atoms with van der Waals surface area (Å²) in [4.78, 5) is 12.1. The zero-order valence-electron chi connectivity index (χ0n) is 14.6. The van der Waals surface area contributed by atoms with Crippen LogP contribution in [0.25, 0.3) is 17.5 Å². The maximum Gasteiger partial charge on any atom is 0.322 e. The Labute approximate surface area is 162 Å². The zero-order chi connectivity index (χ0) is 18.6. The third-order valence-electron chi connectivity index (χ3n) is 4.57. The van der Waals surface area contributed by atoms with Crippen molar-refractivity contribution in [3.8, 4) is 11.5 Å². The molecule has 2 aromatic carbocycles. The molecule has 27 heavy (non-hydrogen) atoms. The van der Waals surface area contributed by atoms with Crippen LogP contribution in [0.15, 0.2) is 53.0 Å². The Morgan fingerprint density at radius 1 is 1.07 bits per heavy atom. The smallest absolute Gasteiger partial charge is 0.322 e. The molecule has 6 heteroatoms. The molecule has 4 rings (SSSR count). The number of aryl methyl sites for hydroxylation is 2. The topological polar surface area (TPSA) is 68.0 Å². The minimum atomic E-state index is -0.365. The van der Waals surface area contributed by atoms with E-state index in [0.29, 0.717) is 10.9 Å². The number of benzene rings is 2. The predicted molar refractivity (Wildman–Crippen MR) is 105 cm³/mol. The van der Waals surface area contributed by atoms with E-state index in [4.69, 9.17) is 16.0 Å². The summed E-state index contributed by atoms with van der Waals surface area (Å²) in [6.07, 6.45) is 7.67. The second-order valence-electron chi connectivity index (χ2n) is 6.45. The van der Waals surface area contributed by atoms with Crippen LogP contribution in [0.1, 0.15) is 29.5 Å². The van der Waals surface area contributed by atoms with Crippen molar-refractivity contribution in [1.82, 2.24) is 10.2 Å². The van der Waals surface area contributed by atoms with Gasteiger partial charge in [0.05, 0.1) is 0 Å². The number of anilines is 1. The van der Waals surface area contributed by atoms with Crippen LogP contribution in [-0.2, 0) is 17.6 Å². The summed E-state index contributed by atoms with van der Waals surface area (Å²) < 4.78 is 5.59. The van der Waals surface area contributed by atoms with Crippen LogP contribution >= 0.6 is 11.6 Å². The second-order valence-corrected chi connectivity index (χ2v) is 6.85. The number of hydrogen-bond acceptors (Lipinski definition) is 4. The highest BCUT2D eigenvalue weighted by Crippen LogP contribution is 2.27. The Hall–Kier alpha value is -2.92. The Morgan fingerprint density at radius 2 is 1.89 bits per heavy atom. The van der Waals surface area contributed by atoms with E-state index in [1.54, 1.807) is 12.1 Å². The van der Waals surface area contributed by atoms with Crippen molar-refractivity contribution in [1.29, 1.82) is 0 Å². The number of carbonyl (C=O) groups excluding carboxylic acids is 1. The van der Waals surface area contributed by atoms with Gasteiger partial charge in [0.15, 0.2) is 0 Å². The van der Waals surface area contributed by atoms with Crippen molar-refractivity contribution in [3.05, 3.63) is 70.3 Å². The van der Waals surface area contributed by atoms with Crippen LogP contribution in [0.4, 0.5) is 6.01 Å². The Morgan fingerprint density at radius 3 is 2.74 bits per heavy atom. The number of carbonyl (C=O) groups is 1. The molecule has 1 aliphatic rings. The highest BCUT2D eigenvalue weighted by molar-refractivity contribution is 6.32. The fourth-order valence-corrected chi connectivity index (χ4v) is 3.38. The summed E-state index contributed by atoms with van der Waals surface area (Å²) >= 11 is 6.07. The van der Waals surface area contributed by atoms with Gasteiger partial charge in [0.2, 0.25) is 5.89 Å². The molecule has 0 unspecified atom stereocenters. The summed E-state index contributed by atoms with van der Waals surface area (Å²) in [7, 11) is 0. The monoisotopic (exact) mass is 379 g/mol. The lowest BCUT2D eigenvalue weighted by Gasteiger charge is -2.15. The molecule has 1 aromatic heterocycles. The largest absolute Gasteiger partial charge is 0.403 e. The lowest BCUT2D eigenvalue weighted by molar-refractivity contribution is -0.112. The molecule has 5 nitrogen and oxygen atoms in total. The Balaban J connectivity index is 1.45. The van der Waals surface area contributed by atoms with Crippen molar-refractivity contribution >= 4 is 29.6 Å².